The highest BCUT2D eigenvalue weighted by atomic mass is 16.5. The third kappa shape index (κ3) is 5.35. The van der Waals surface area contributed by atoms with E-state index in [0.29, 0.717) is 29.4 Å². The van der Waals surface area contributed by atoms with Crippen molar-refractivity contribution in [3.05, 3.63) is 89.5 Å². The lowest BCUT2D eigenvalue weighted by molar-refractivity contribution is 0.0950. The van der Waals surface area contributed by atoms with Crippen LogP contribution in [-0.2, 0) is 6.61 Å². The van der Waals surface area contributed by atoms with Gasteiger partial charge in [-0.15, -0.1) is 0 Å². The fourth-order valence-corrected chi connectivity index (χ4v) is 2.67. The molecule has 6 nitrogen and oxygen atoms in total. The fourth-order valence-electron chi connectivity index (χ4n) is 2.67. The van der Waals surface area contributed by atoms with Crippen molar-refractivity contribution in [1.82, 2.24) is 5.43 Å². The summed E-state index contributed by atoms with van der Waals surface area (Å²) in [5, 5.41) is 4.03. The van der Waals surface area contributed by atoms with Crippen molar-refractivity contribution in [2.45, 2.75) is 6.61 Å². The molecular formula is C23H22N2O4. The number of carbonyl (C=O) groups is 1. The number of hydrazone groups is 1. The number of ether oxygens (including phenoxy) is 3. The van der Waals surface area contributed by atoms with Crippen molar-refractivity contribution >= 4 is 12.1 Å². The van der Waals surface area contributed by atoms with E-state index >= 15 is 0 Å². The second-order valence-electron chi connectivity index (χ2n) is 6.08. The molecule has 0 aromatic heterocycles. The Morgan fingerprint density at radius 1 is 0.897 bits per heavy atom. The largest absolute Gasteiger partial charge is 0.493 e. The van der Waals surface area contributed by atoms with E-state index < -0.39 is 0 Å². The maximum atomic E-state index is 12.5. The lowest BCUT2D eigenvalue weighted by atomic mass is 10.2. The summed E-state index contributed by atoms with van der Waals surface area (Å²) in [4.78, 5) is 12.5. The molecule has 3 aromatic carbocycles. The van der Waals surface area contributed by atoms with E-state index in [2.05, 4.69) is 10.5 Å². The summed E-state index contributed by atoms with van der Waals surface area (Å²) in [6.07, 6.45) is 1.54. The number of methoxy groups -OCH3 is 2. The second kappa shape index (κ2) is 9.94. The zero-order chi connectivity index (χ0) is 20.5. The van der Waals surface area contributed by atoms with Gasteiger partial charge in [-0.25, -0.2) is 5.43 Å². The molecule has 6 heteroatoms. The van der Waals surface area contributed by atoms with Crippen molar-refractivity contribution in [3.63, 3.8) is 0 Å². The quantitative estimate of drug-likeness (QED) is 0.465. The van der Waals surface area contributed by atoms with Gasteiger partial charge in [0.2, 0.25) is 0 Å². The Hall–Kier alpha value is -3.80. The summed E-state index contributed by atoms with van der Waals surface area (Å²) in [7, 11) is 3.13. The number of hydrogen-bond acceptors (Lipinski definition) is 5. The molecule has 29 heavy (non-hydrogen) atoms. The number of amides is 1. The molecule has 0 aliphatic rings. The Morgan fingerprint density at radius 2 is 1.62 bits per heavy atom. The van der Waals surface area contributed by atoms with E-state index in [1.807, 2.05) is 42.5 Å². The second-order valence-corrected chi connectivity index (χ2v) is 6.08. The van der Waals surface area contributed by atoms with Crippen LogP contribution in [0, 0.1) is 0 Å². The van der Waals surface area contributed by atoms with E-state index in [4.69, 9.17) is 14.2 Å². The average Bonchev–Trinajstić information content (AvgIpc) is 2.78. The molecule has 0 fully saturated rings. The molecule has 0 unspecified atom stereocenters. The van der Waals surface area contributed by atoms with Crippen molar-refractivity contribution in [3.8, 4) is 17.2 Å². The van der Waals surface area contributed by atoms with E-state index in [1.165, 1.54) is 6.21 Å². The lowest BCUT2D eigenvalue weighted by Crippen LogP contribution is -2.18. The van der Waals surface area contributed by atoms with E-state index in [-0.39, 0.29) is 5.91 Å². The van der Waals surface area contributed by atoms with Gasteiger partial charge in [0.1, 0.15) is 12.4 Å². The molecule has 1 N–H and O–H groups in total. The summed E-state index contributed by atoms with van der Waals surface area (Å²) in [5.41, 5.74) is 4.72. The summed E-state index contributed by atoms with van der Waals surface area (Å²) < 4.78 is 16.3. The Kier molecular flexibility index (Phi) is 6.84. The Labute approximate surface area is 169 Å². The van der Waals surface area contributed by atoms with Gasteiger partial charge in [0.05, 0.1) is 26.0 Å². The van der Waals surface area contributed by atoms with Crippen LogP contribution in [0.1, 0.15) is 21.5 Å². The van der Waals surface area contributed by atoms with Crippen LogP contribution in [0.5, 0.6) is 17.2 Å². The van der Waals surface area contributed by atoms with Gasteiger partial charge in [-0.3, -0.25) is 4.79 Å². The van der Waals surface area contributed by atoms with Gasteiger partial charge in [0.15, 0.2) is 11.5 Å². The van der Waals surface area contributed by atoms with Crippen LogP contribution in [0.2, 0.25) is 0 Å². The van der Waals surface area contributed by atoms with Gasteiger partial charge >= 0.3 is 0 Å². The topological polar surface area (TPSA) is 69.2 Å². The average molecular weight is 390 g/mol. The predicted octanol–water partition coefficient (Wildman–Crippen LogP) is 4.05. The molecule has 0 spiro atoms. The Balaban J connectivity index is 1.66. The van der Waals surface area contributed by atoms with Crippen molar-refractivity contribution in [2.24, 2.45) is 5.10 Å². The van der Waals surface area contributed by atoms with Crippen LogP contribution in [0.15, 0.2) is 77.9 Å². The van der Waals surface area contributed by atoms with Crippen molar-refractivity contribution in [2.75, 3.05) is 14.2 Å². The minimum atomic E-state index is -0.356. The first-order valence-corrected chi connectivity index (χ1v) is 9.02. The first kappa shape index (κ1) is 19.9. The molecule has 3 aromatic rings. The zero-order valence-corrected chi connectivity index (χ0v) is 16.3. The third-order valence-electron chi connectivity index (χ3n) is 4.16. The number of nitrogens with one attached hydrogen (secondary N) is 1. The molecule has 0 aliphatic carbocycles. The Morgan fingerprint density at radius 3 is 2.38 bits per heavy atom. The monoisotopic (exact) mass is 390 g/mol. The molecule has 148 valence electrons. The summed E-state index contributed by atoms with van der Waals surface area (Å²) >= 11 is 0. The van der Waals surface area contributed by atoms with Crippen molar-refractivity contribution < 1.29 is 19.0 Å². The highest BCUT2D eigenvalue weighted by molar-refractivity contribution is 5.97. The van der Waals surface area contributed by atoms with Crippen molar-refractivity contribution in [1.29, 1.82) is 0 Å². The van der Waals surface area contributed by atoms with Gasteiger partial charge in [-0.2, -0.15) is 5.10 Å². The van der Waals surface area contributed by atoms with E-state index in [0.717, 1.165) is 11.1 Å². The molecule has 0 atom stereocenters. The third-order valence-corrected chi connectivity index (χ3v) is 4.16. The van der Waals surface area contributed by atoms with Gasteiger partial charge in [0, 0.05) is 0 Å². The number of carbonyl (C=O) groups excluding carboxylic acids is 1. The molecule has 3 rings (SSSR count). The van der Waals surface area contributed by atoms with Gasteiger partial charge in [0.25, 0.3) is 5.91 Å². The Bertz CT molecular complexity index is 987. The summed E-state index contributed by atoms with van der Waals surface area (Å²) in [6, 6.07) is 22.2. The summed E-state index contributed by atoms with van der Waals surface area (Å²) in [5.74, 6) is 1.35. The molecule has 0 bridgehead atoms. The summed E-state index contributed by atoms with van der Waals surface area (Å²) in [6.45, 7) is 0.375. The number of hydrogen-bond donors (Lipinski definition) is 1. The van der Waals surface area contributed by atoms with Crippen LogP contribution in [0.4, 0.5) is 0 Å². The highest BCUT2D eigenvalue weighted by Crippen LogP contribution is 2.26. The zero-order valence-electron chi connectivity index (χ0n) is 16.3. The lowest BCUT2D eigenvalue weighted by Gasteiger charge is -2.10. The van der Waals surface area contributed by atoms with Gasteiger partial charge in [-0.1, -0.05) is 42.5 Å². The minimum Gasteiger partial charge on any atom is -0.493 e. The van der Waals surface area contributed by atoms with Crippen LogP contribution < -0.4 is 19.6 Å². The van der Waals surface area contributed by atoms with Gasteiger partial charge in [-0.05, 0) is 41.5 Å². The number of rotatable bonds is 8. The van der Waals surface area contributed by atoms with Crippen LogP contribution in [-0.4, -0.2) is 26.3 Å². The predicted molar refractivity (Wildman–Crippen MR) is 112 cm³/mol. The number of nitrogens with zero attached hydrogens (tertiary/aromatic N) is 1. The SMILES string of the molecule is COc1ccc(/C=N\NC(=O)c2ccccc2OCc2ccccc2)cc1OC. The molecule has 0 heterocycles. The number of benzene rings is 3. The first-order chi connectivity index (χ1) is 14.2. The normalized spacial score (nSPS) is 10.6. The van der Waals surface area contributed by atoms with Crippen LogP contribution >= 0.6 is 0 Å². The van der Waals surface area contributed by atoms with Crippen LogP contribution in [0.25, 0.3) is 0 Å². The van der Waals surface area contributed by atoms with Gasteiger partial charge < -0.3 is 14.2 Å². The highest BCUT2D eigenvalue weighted by Gasteiger charge is 2.11. The molecule has 0 aliphatic heterocycles. The molecule has 1 amide bonds. The fraction of sp³-hybridized carbons (Fsp3) is 0.130. The maximum Gasteiger partial charge on any atom is 0.275 e. The molecule has 0 saturated heterocycles. The molecule has 0 saturated carbocycles. The molecule has 0 radical (unpaired) electrons. The first-order valence-electron chi connectivity index (χ1n) is 9.02. The van der Waals surface area contributed by atoms with E-state index in [9.17, 15) is 4.79 Å². The standard InChI is InChI=1S/C23H22N2O4/c1-27-21-13-12-18(14-22(21)28-2)15-24-25-23(26)19-10-6-7-11-20(19)29-16-17-8-4-3-5-9-17/h3-15H,16H2,1-2H3,(H,25,26)/b24-15-. The number of para-hydroxylation sites is 1. The minimum absolute atomic E-state index is 0.356. The smallest absolute Gasteiger partial charge is 0.275 e. The maximum absolute atomic E-state index is 12.5. The van der Waals surface area contributed by atoms with E-state index in [1.54, 1.807) is 44.6 Å². The molecular weight excluding hydrogens is 368 g/mol. The van der Waals surface area contributed by atoms with Crippen LogP contribution in [0.3, 0.4) is 0 Å².